The van der Waals surface area contributed by atoms with Gasteiger partial charge in [0.1, 0.15) is 0 Å². The first kappa shape index (κ1) is 13.4. The number of rotatable bonds is 6. The summed E-state index contributed by atoms with van der Waals surface area (Å²) in [5.41, 5.74) is 0.414. The summed E-state index contributed by atoms with van der Waals surface area (Å²) in [5.74, 6) is -1.51. The van der Waals surface area contributed by atoms with Gasteiger partial charge >= 0.3 is 0 Å². The van der Waals surface area contributed by atoms with E-state index in [9.17, 15) is 8.78 Å². The molecule has 0 spiro atoms. The Bertz CT molecular complexity index is 405. The van der Waals surface area contributed by atoms with E-state index < -0.39 is 11.6 Å². The van der Waals surface area contributed by atoms with Crippen molar-refractivity contribution in [3.05, 3.63) is 35.4 Å². The van der Waals surface area contributed by atoms with Crippen LogP contribution in [0.4, 0.5) is 8.78 Å². The van der Waals surface area contributed by atoms with E-state index in [0.29, 0.717) is 11.6 Å². The van der Waals surface area contributed by atoms with Gasteiger partial charge in [0.2, 0.25) is 0 Å². The molecule has 0 amide bonds. The second-order valence-corrected chi connectivity index (χ2v) is 4.80. The van der Waals surface area contributed by atoms with Crippen LogP contribution in [0.15, 0.2) is 18.2 Å². The van der Waals surface area contributed by atoms with Crippen LogP contribution in [0, 0.1) is 11.6 Å². The van der Waals surface area contributed by atoms with Crippen molar-refractivity contribution in [3.63, 3.8) is 0 Å². The van der Waals surface area contributed by atoms with Crippen LogP contribution >= 0.6 is 0 Å². The number of hydrogen-bond acceptors (Lipinski definition) is 2. The Hall–Kier alpha value is -1.00. The van der Waals surface area contributed by atoms with E-state index in [0.717, 1.165) is 19.2 Å². The van der Waals surface area contributed by atoms with Gasteiger partial charge < -0.3 is 5.32 Å². The first-order chi connectivity index (χ1) is 8.67. The molecule has 0 heterocycles. The molecule has 1 atom stereocenters. The van der Waals surface area contributed by atoms with Crippen LogP contribution in [-0.4, -0.2) is 31.1 Å². The molecule has 1 aliphatic rings. The van der Waals surface area contributed by atoms with Crippen LogP contribution in [0.1, 0.15) is 31.4 Å². The second kappa shape index (κ2) is 5.76. The summed E-state index contributed by atoms with van der Waals surface area (Å²) in [6.07, 6.45) is 2.44. The lowest BCUT2D eigenvalue weighted by Gasteiger charge is -2.26. The minimum absolute atomic E-state index is 0.166. The normalized spacial score (nSPS) is 17.2. The summed E-state index contributed by atoms with van der Waals surface area (Å²) in [4.78, 5) is 2.32. The van der Waals surface area contributed by atoms with Crippen LogP contribution in [0.5, 0.6) is 0 Å². The molecule has 0 bridgehead atoms. The number of nitrogens with zero attached hydrogens (tertiary/aromatic N) is 1. The van der Waals surface area contributed by atoms with Gasteiger partial charge in [-0.15, -0.1) is 0 Å². The molecule has 2 nitrogen and oxygen atoms in total. The average molecular weight is 254 g/mol. The Balaban J connectivity index is 2.14. The second-order valence-electron chi connectivity index (χ2n) is 4.80. The molecule has 1 saturated carbocycles. The van der Waals surface area contributed by atoms with E-state index in [2.05, 4.69) is 17.1 Å². The number of benzene rings is 1. The van der Waals surface area contributed by atoms with Crippen molar-refractivity contribution in [2.24, 2.45) is 0 Å². The third kappa shape index (κ3) is 2.87. The van der Waals surface area contributed by atoms with Gasteiger partial charge in [-0.3, -0.25) is 4.90 Å². The Morgan fingerprint density at radius 1 is 1.39 bits per heavy atom. The zero-order valence-electron chi connectivity index (χ0n) is 10.9. The van der Waals surface area contributed by atoms with E-state index in [1.54, 1.807) is 19.2 Å². The molecule has 1 aromatic rings. The van der Waals surface area contributed by atoms with Crippen LogP contribution < -0.4 is 5.32 Å². The molecule has 100 valence electrons. The zero-order chi connectivity index (χ0) is 13.1. The molecule has 1 N–H and O–H groups in total. The lowest BCUT2D eigenvalue weighted by atomic mass is 10.1. The fourth-order valence-corrected chi connectivity index (χ4v) is 2.35. The van der Waals surface area contributed by atoms with E-state index in [-0.39, 0.29) is 6.04 Å². The van der Waals surface area contributed by atoms with Crippen molar-refractivity contribution in [1.29, 1.82) is 0 Å². The fraction of sp³-hybridized carbons (Fsp3) is 0.571. The molecule has 0 aromatic heterocycles. The van der Waals surface area contributed by atoms with Gasteiger partial charge in [-0.1, -0.05) is 19.1 Å². The highest BCUT2D eigenvalue weighted by molar-refractivity contribution is 5.23. The predicted molar refractivity (Wildman–Crippen MR) is 68.4 cm³/mol. The van der Waals surface area contributed by atoms with Gasteiger partial charge in [-0.05, 0) is 32.5 Å². The number of likely N-dealkylation sites (N-methyl/N-ethyl adjacent to an activating group) is 2. The topological polar surface area (TPSA) is 15.3 Å². The Morgan fingerprint density at radius 2 is 2.11 bits per heavy atom. The molecule has 4 heteroatoms. The molecule has 1 aliphatic carbocycles. The van der Waals surface area contributed by atoms with Crippen LogP contribution in [-0.2, 0) is 0 Å². The highest BCUT2D eigenvalue weighted by Gasteiger charge is 2.30. The lowest BCUT2D eigenvalue weighted by molar-refractivity contribution is 0.246. The van der Waals surface area contributed by atoms with Gasteiger partial charge in [0, 0.05) is 24.2 Å². The zero-order valence-corrected chi connectivity index (χ0v) is 10.9. The van der Waals surface area contributed by atoms with E-state index in [1.165, 1.54) is 12.8 Å². The summed E-state index contributed by atoms with van der Waals surface area (Å²) < 4.78 is 27.0. The Morgan fingerprint density at radius 3 is 2.67 bits per heavy atom. The molecule has 0 saturated heterocycles. The highest BCUT2D eigenvalue weighted by atomic mass is 19.2. The lowest BCUT2D eigenvalue weighted by Crippen LogP contribution is -2.35. The number of nitrogens with one attached hydrogen (secondary N) is 1. The highest BCUT2D eigenvalue weighted by Crippen LogP contribution is 2.29. The predicted octanol–water partition coefficient (Wildman–Crippen LogP) is 2.71. The average Bonchev–Trinajstić information content (AvgIpc) is 3.19. The summed E-state index contributed by atoms with van der Waals surface area (Å²) in [7, 11) is 1.79. The van der Waals surface area contributed by atoms with Gasteiger partial charge in [-0.25, -0.2) is 8.78 Å². The number of hydrogen-bond donors (Lipinski definition) is 1. The van der Waals surface area contributed by atoms with Crippen molar-refractivity contribution in [1.82, 2.24) is 10.2 Å². The first-order valence-electron chi connectivity index (χ1n) is 6.52. The van der Waals surface area contributed by atoms with Crippen molar-refractivity contribution >= 4 is 0 Å². The molecule has 18 heavy (non-hydrogen) atoms. The molecule has 0 aliphatic heterocycles. The quantitative estimate of drug-likeness (QED) is 0.839. The van der Waals surface area contributed by atoms with Crippen molar-refractivity contribution in [2.75, 3.05) is 20.1 Å². The van der Waals surface area contributed by atoms with Gasteiger partial charge in [0.25, 0.3) is 0 Å². The van der Waals surface area contributed by atoms with Crippen LogP contribution in [0.2, 0.25) is 0 Å². The molecule has 0 radical (unpaired) electrons. The summed E-state index contributed by atoms with van der Waals surface area (Å²) in [6, 6.07) is 4.83. The maximum Gasteiger partial charge on any atom is 0.163 e. The minimum Gasteiger partial charge on any atom is -0.312 e. The standard InChI is InChI=1S/C14H20F2N2/c1-3-18(10-7-8-10)9-13(17-2)11-5-4-6-12(15)14(11)16/h4-6,10,13,17H,3,7-9H2,1-2H3. The van der Waals surface area contributed by atoms with Crippen molar-refractivity contribution < 1.29 is 8.78 Å². The molecular weight excluding hydrogens is 234 g/mol. The SMILES string of the molecule is CCN(CC(NC)c1cccc(F)c1F)C1CC1. The molecule has 1 fully saturated rings. The van der Waals surface area contributed by atoms with Gasteiger partial charge in [-0.2, -0.15) is 0 Å². The maximum absolute atomic E-state index is 13.8. The number of halogens is 2. The van der Waals surface area contributed by atoms with Crippen LogP contribution in [0.3, 0.4) is 0 Å². The minimum atomic E-state index is -0.776. The van der Waals surface area contributed by atoms with Crippen LogP contribution in [0.25, 0.3) is 0 Å². The van der Waals surface area contributed by atoms with Gasteiger partial charge in [0.05, 0.1) is 0 Å². The largest absolute Gasteiger partial charge is 0.312 e. The Labute approximate surface area is 107 Å². The monoisotopic (exact) mass is 254 g/mol. The van der Waals surface area contributed by atoms with E-state index >= 15 is 0 Å². The summed E-state index contributed by atoms with van der Waals surface area (Å²) >= 11 is 0. The molecule has 2 rings (SSSR count). The molecule has 1 unspecified atom stereocenters. The first-order valence-corrected chi connectivity index (χ1v) is 6.52. The molecule has 1 aromatic carbocycles. The molecular formula is C14H20F2N2. The Kier molecular flexibility index (Phi) is 4.30. The van der Waals surface area contributed by atoms with E-state index in [4.69, 9.17) is 0 Å². The van der Waals surface area contributed by atoms with Crippen molar-refractivity contribution in [2.45, 2.75) is 31.8 Å². The smallest absolute Gasteiger partial charge is 0.163 e. The van der Waals surface area contributed by atoms with E-state index in [1.807, 2.05) is 0 Å². The fourth-order valence-electron chi connectivity index (χ4n) is 2.35. The summed E-state index contributed by atoms with van der Waals surface area (Å²) in [6.45, 7) is 3.77. The van der Waals surface area contributed by atoms with Crippen molar-refractivity contribution in [3.8, 4) is 0 Å². The summed E-state index contributed by atoms with van der Waals surface area (Å²) in [5, 5.41) is 3.09. The van der Waals surface area contributed by atoms with Gasteiger partial charge in [0.15, 0.2) is 11.6 Å². The third-order valence-corrected chi connectivity index (χ3v) is 3.59. The maximum atomic E-state index is 13.8. The third-order valence-electron chi connectivity index (χ3n) is 3.59.